The fourth-order valence-electron chi connectivity index (χ4n) is 3.41. The summed E-state index contributed by atoms with van der Waals surface area (Å²) in [5.41, 5.74) is 3.80. The average Bonchev–Trinajstić information content (AvgIpc) is 3.24. The van der Waals surface area contributed by atoms with Crippen LogP contribution in [0.1, 0.15) is 33.9 Å². The molecule has 0 bridgehead atoms. The first kappa shape index (κ1) is 14.4. The Bertz CT molecular complexity index is 806. The molecule has 1 aliphatic rings. The fraction of sp³-hybridized carbons (Fsp3) is 0.263. The van der Waals surface area contributed by atoms with Crippen LogP contribution in [0.2, 0.25) is 0 Å². The number of aldehydes is 1. The zero-order chi connectivity index (χ0) is 15.6. The number of hydrogen-bond donors (Lipinski definition) is 0. The Morgan fingerprint density at radius 3 is 2.96 bits per heavy atom. The van der Waals surface area contributed by atoms with Crippen molar-refractivity contribution in [1.82, 2.24) is 9.78 Å². The number of hydrogen-bond acceptors (Lipinski definition) is 3. The minimum atomic E-state index is 0.125. The van der Waals surface area contributed by atoms with Crippen LogP contribution in [0.4, 0.5) is 0 Å². The number of thiophene rings is 1. The molecule has 0 fully saturated rings. The van der Waals surface area contributed by atoms with Crippen molar-refractivity contribution in [1.29, 1.82) is 0 Å². The van der Waals surface area contributed by atoms with E-state index in [0.717, 1.165) is 25.7 Å². The third-order valence-corrected chi connectivity index (χ3v) is 5.63. The lowest BCUT2D eigenvalue weighted by Gasteiger charge is -2.25. The van der Waals surface area contributed by atoms with Crippen LogP contribution in [0.25, 0.3) is 0 Å². The molecule has 0 N–H and O–H groups in total. The highest BCUT2D eigenvalue weighted by Gasteiger charge is 2.29. The first-order valence-corrected chi connectivity index (χ1v) is 8.79. The molecular formula is C19H18N2OS. The highest BCUT2D eigenvalue weighted by molar-refractivity contribution is 7.10. The van der Waals surface area contributed by atoms with Crippen molar-refractivity contribution < 1.29 is 4.79 Å². The van der Waals surface area contributed by atoms with Gasteiger partial charge in [0.2, 0.25) is 0 Å². The molecule has 2 heterocycles. The highest BCUT2D eigenvalue weighted by Crippen LogP contribution is 2.41. The minimum Gasteiger partial charge on any atom is -0.303 e. The number of rotatable bonds is 4. The van der Waals surface area contributed by atoms with Crippen molar-refractivity contribution in [3.63, 3.8) is 0 Å². The maximum Gasteiger partial charge on any atom is 0.123 e. The van der Waals surface area contributed by atoms with Gasteiger partial charge in [-0.25, -0.2) is 0 Å². The Hall–Kier alpha value is -2.20. The number of nitrogens with zero attached hydrogens (tertiary/aromatic N) is 2. The third kappa shape index (κ3) is 2.86. The summed E-state index contributed by atoms with van der Waals surface area (Å²) >= 11 is 1.80. The molecule has 0 saturated heterocycles. The second-order valence-corrected chi connectivity index (χ2v) is 7.10. The van der Waals surface area contributed by atoms with Crippen LogP contribution in [0.3, 0.4) is 0 Å². The second-order valence-electron chi connectivity index (χ2n) is 6.16. The predicted octanol–water partition coefficient (Wildman–Crippen LogP) is 3.89. The Morgan fingerprint density at radius 2 is 2.13 bits per heavy atom. The lowest BCUT2D eigenvalue weighted by molar-refractivity contribution is -0.111. The van der Waals surface area contributed by atoms with Crippen LogP contribution in [0.15, 0.2) is 54.2 Å². The molecule has 3 nitrogen and oxygen atoms in total. The van der Waals surface area contributed by atoms with E-state index in [1.807, 2.05) is 29.1 Å². The van der Waals surface area contributed by atoms with Crippen LogP contribution in [0, 0.1) is 5.92 Å². The summed E-state index contributed by atoms with van der Waals surface area (Å²) in [6.07, 6.45) is 6.99. The SMILES string of the molecule is O=C[C@H]1Cc2ccsc2[C@@H](c2cnn(Cc3ccccc3)c2)C1. The quantitative estimate of drug-likeness (QED) is 0.683. The van der Waals surface area contributed by atoms with Crippen molar-refractivity contribution in [2.24, 2.45) is 5.92 Å². The largest absolute Gasteiger partial charge is 0.303 e. The zero-order valence-electron chi connectivity index (χ0n) is 12.8. The molecule has 0 radical (unpaired) electrons. The van der Waals surface area contributed by atoms with Crippen molar-refractivity contribution in [3.8, 4) is 0 Å². The molecule has 4 rings (SSSR count). The molecular weight excluding hydrogens is 304 g/mol. The molecule has 4 heteroatoms. The van der Waals surface area contributed by atoms with E-state index >= 15 is 0 Å². The molecule has 0 saturated carbocycles. The fourth-order valence-corrected chi connectivity index (χ4v) is 4.48. The standard InChI is InChI=1S/C19H18N2OS/c22-13-15-8-16-6-7-23-19(16)18(9-15)17-10-20-21(12-17)11-14-4-2-1-3-5-14/h1-7,10,12-13,15,18H,8-9,11H2/t15-,18+/m0/s1. The summed E-state index contributed by atoms with van der Waals surface area (Å²) in [5, 5.41) is 6.67. The van der Waals surface area contributed by atoms with Crippen molar-refractivity contribution in [2.75, 3.05) is 0 Å². The number of aromatic nitrogens is 2. The van der Waals surface area contributed by atoms with Crippen LogP contribution in [0.5, 0.6) is 0 Å². The van der Waals surface area contributed by atoms with Gasteiger partial charge in [-0.15, -0.1) is 11.3 Å². The molecule has 1 aliphatic carbocycles. The summed E-state index contributed by atoms with van der Waals surface area (Å²) in [6.45, 7) is 0.780. The number of carbonyl (C=O) groups is 1. The number of fused-ring (bicyclic) bond motifs is 1. The minimum absolute atomic E-state index is 0.125. The van der Waals surface area contributed by atoms with Gasteiger partial charge in [0.05, 0.1) is 12.7 Å². The van der Waals surface area contributed by atoms with Gasteiger partial charge in [0.15, 0.2) is 0 Å². The van der Waals surface area contributed by atoms with Gasteiger partial charge < -0.3 is 4.79 Å². The lowest BCUT2D eigenvalue weighted by Crippen LogP contribution is -2.18. The molecule has 23 heavy (non-hydrogen) atoms. The van der Waals surface area contributed by atoms with Gasteiger partial charge in [-0.3, -0.25) is 4.68 Å². The van der Waals surface area contributed by atoms with Gasteiger partial charge in [0, 0.05) is 22.9 Å². The molecule has 0 amide bonds. The Kier molecular flexibility index (Phi) is 3.83. The topological polar surface area (TPSA) is 34.9 Å². The zero-order valence-corrected chi connectivity index (χ0v) is 13.6. The summed E-state index contributed by atoms with van der Waals surface area (Å²) in [5.74, 6) is 0.429. The van der Waals surface area contributed by atoms with Gasteiger partial charge in [-0.2, -0.15) is 5.10 Å². The van der Waals surface area contributed by atoms with Crippen LogP contribution < -0.4 is 0 Å². The average molecular weight is 322 g/mol. The normalized spacial score (nSPS) is 20.2. The van der Waals surface area contributed by atoms with E-state index in [9.17, 15) is 4.79 Å². The molecule has 0 unspecified atom stereocenters. The Balaban J connectivity index is 1.60. The smallest absolute Gasteiger partial charge is 0.123 e. The van der Waals surface area contributed by atoms with Gasteiger partial charge in [-0.05, 0) is 41.0 Å². The number of carbonyl (C=O) groups excluding carboxylic acids is 1. The van der Waals surface area contributed by atoms with Crippen LogP contribution >= 0.6 is 11.3 Å². The van der Waals surface area contributed by atoms with Crippen molar-refractivity contribution in [2.45, 2.75) is 25.3 Å². The third-order valence-electron chi connectivity index (χ3n) is 4.55. The van der Waals surface area contributed by atoms with E-state index in [1.165, 1.54) is 21.6 Å². The maximum atomic E-state index is 11.3. The maximum absolute atomic E-state index is 11.3. The molecule has 0 aliphatic heterocycles. The van der Waals surface area contributed by atoms with E-state index < -0.39 is 0 Å². The van der Waals surface area contributed by atoms with E-state index in [4.69, 9.17) is 0 Å². The first-order chi connectivity index (χ1) is 11.3. The molecule has 0 spiro atoms. The summed E-state index contributed by atoms with van der Waals surface area (Å²) in [4.78, 5) is 12.7. The van der Waals surface area contributed by atoms with Crippen LogP contribution in [-0.2, 0) is 17.8 Å². The monoisotopic (exact) mass is 322 g/mol. The van der Waals surface area contributed by atoms with E-state index in [-0.39, 0.29) is 5.92 Å². The summed E-state index contributed by atoms with van der Waals surface area (Å²) in [6, 6.07) is 12.5. The van der Waals surface area contributed by atoms with Gasteiger partial charge in [0.25, 0.3) is 0 Å². The first-order valence-electron chi connectivity index (χ1n) is 7.91. The van der Waals surface area contributed by atoms with Crippen LogP contribution in [-0.4, -0.2) is 16.1 Å². The Labute approximate surface area is 139 Å². The molecule has 2 atom stereocenters. The van der Waals surface area contributed by atoms with Gasteiger partial charge in [0.1, 0.15) is 6.29 Å². The lowest BCUT2D eigenvalue weighted by atomic mass is 9.80. The molecule has 2 aromatic heterocycles. The summed E-state index contributed by atoms with van der Waals surface area (Å²) in [7, 11) is 0. The molecule has 3 aromatic rings. The summed E-state index contributed by atoms with van der Waals surface area (Å²) < 4.78 is 1.99. The molecule has 116 valence electrons. The predicted molar refractivity (Wildman–Crippen MR) is 91.8 cm³/mol. The van der Waals surface area contributed by atoms with E-state index in [2.05, 4.69) is 34.9 Å². The number of benzene rings is 1. The highest BCUT2D eigenvalue weighted by atomic mass is 32.1. The molecule has 1 aromatic carbocycles. The van der Waals surface area contributed by atoms with Gasteiger partial charge >= 0.3 is 0 Å². The van der Waals surface area contributed by atoms with Gasteiger partial charge in [-0.1, -0.05) is 30.3 Å². The Morgan fingerprint density at radius 1 is 1.26 bits per heavy atom. The van der Waals surface area contributed by atoms with Crippen molar-refractivity contribution in [3.05, 3.63) is 75.7 Å². The van der Waals surface area contributed by atoms with E-state index in [0.29, 0.717) is 5.92 Å². The van der Waals surface area contributed by atoms with Crippen molar-refractivity contribution >= 4 is 17.6 Å². The second kappa shape index (κ2) is 6.13. The van der Waals surface area contributed by atoms with E-state index in [1.54, 1.807) is 11.3 Å².